The second kappa shape index (κ2) is 7.09. The summed E-state index contributed by atoms with van der Waals surface area (Å²) in [6, 6.07) is 3.65. The molecule has 2 aromatic rings. The first-order chi connectivity index (χ1) is 9.72. The van der Waals surface area contributed by atoms with Gasteiger partial charge in [-0.05, 0) is 25.0 Å². The zero-order chi connectivity index (χ0) is 14.4. The van der Waals surface area contributed by atoms with Gasteiger partial charge in [-0.25, -0.2) is 4.98 Å². The SMILES string of the molecule is CCCOc1nc(NCc2ncc(CC)s2)ccc1N. The van der Waals surface area contributed by atoms with Gasteiger partial charge in [0.2, 0.25) is 5.88 Å². The zero-order valence-electron chi connectivity index (χ0n) is 11.8. The number of nitrogens with one attached hydrogen (secondary N) is 1. The van der Waals surface area contributed by atoms with Gasteiger partial charge < -0.3 is 15.8 Å². The molecule has 3 N–H and O–H groups in total. The molecule has 0 aliphatic carbocycles. The molecular formula is C14H20N4OS. The van der Waals surface area contributed by atoms with E-state index in [0.29, 0.717) is 24.7 Å². The van der Waals surface area contributed by atoms with E-state index in [1.807, 2.05) is 19.2 Å². The first-order valence-electron chi connectivity index (χ1n) is 6.79. The van der Waals surface area contributed by atoms with Crippen LogP contribution in [0.1, 0.15) is 30.2 Å². The van der Waals surface area contributed by atoms with E-state index in [4.69, 9.17) is 10.5 Å². The van der Waals surface area contributed by atoms with Crippen LogP contribution in [0, 0.1) is 0 Å². The van der Waals surface area contributed by atoms with Gasteiger partial charge in [0.25, 0.3) is 0 Å². The first kappa shape index (κ1) is 14.6. The number of hydrogen-bond acceptors (Lipinski definition) is 6. The number of nitrogens with zero attached hydrogens (tertiary/aromatic N) is 2. The van der Waals surface area contributed by atoms with Crippen LogP contribution in [-0.4, -0.2) is 16.6 Å². The van der Waals surface area contributed by atoms with Gasteiger partial charge in [0.05, 0.1) is 18.8 Å². The Morgan fingerprint density at radius 3 is 2.90 bits per heavy atom. The number of nitrogens with two attached hydrogens (primary N) is 1. The van der Waals surface area contributed by atoms with E-state index in [2.05, 4.69) is 22.2 Å². The molecule has 2 aromatic heterocycles. The van der Waals surface area contributed by atoms with Gasteiger partial charge in [0.15, 0.2) is 0 Å². The van der Waals surface area contributed by atoms with Crippen molar-refractivity contribution in [2.24, 2.45) is 0 Å². The van der Waals surface area contributed by atoms with Crippen molar-refractivity contribution < 1.29 is 4.74 Å². The molecule has 0 fully saturated rings. The Kier molecular flexibility index (Phi) is 5.17. The predicted molar refractivity (Wildman–Crippen MR) is 83.3 cm³/mol. The molecule has 0 spiro atoms. The molecule has 0 aromatic carbocycles. The number of rotatable bonds is 7. The van der Waals surface area contributed by atoms with Crippen LogP contribution in [0.2, 0.25) is 0 Å². The fraction of sp³-hybridized carbons (Fsp3) is 0.429. The van der Waals surface area contributed by atoms with Crippen LogP contribution >= 0.6 is 11.3 Å². The van der Waals surface area contributed by atoms with Crippen LogP contribution in [0.5, 0.6) is 5.88 Å². The fourth-order valence-electron chi connectivity index (χ4n) is 1.62. The van der Waals surface area contributed by atoms with E-state index in [1.54, 1.807) is 17.4 Å². The number of aryl methyl sites for hydroxylation is 1. The average Bonchev–Trinajstić information content (AvgIpc) is 2.93. The molecule has 0 aliphatic heterocycles. The molecule has 0 radical (unpaired) electrons. The van der Waals surface area contributed by atoms with Crippen LogP contribution < -0.4 is 15.8 Å². The second-order valence-corrected chi connectivity index (χ2v) is 5.57. The topological polar surface area (TPSA) is 73.1 Å². The first-order valence-corrected chi connectivity index (χ1v) is 7.61. The third-order valence-electron chi connectivity index (χ3n) is 2.70. The fourth-order valence-corrected chi connectivity index (χ4v) is 2.43. The molecule has 0 aliphatic rings. The maximum absolute atomic E-state index is 5.83. The number of ether oxygens (including phenoxy) is 1. The lowest BCUT2D eigenvalue weighted by molar-refractivity contribution is 0.307. The number of hydrogen-bond donors (Lipinski definition) is 2. The molecule has 0 amide bonds. The van der Waals surface area contributed by atoms with E-state index < -0.39 is 0 Å². The van der Waals surface area contributed by atoms with E-state index in [1.165, 1.54) is 4.88 Å². The van der Waals surface area contributed by atoms with Crippen molar-refractivity contribution in [3.63, 3.8) is 0 Å². The third kappa shape index (κ3) is 3.84. The van der Waals surface area contributed by atoms with Crippen molar-refractivity contribution in [1.82, 2.24) is 9.97 Å². The molecule has 0 saturated carbocycles. The minimum atomic E-state index is 0.491. The van der Waals surface area contributed by atoms with Crippen molar-refractivity contribution >= 4 is 22.8 Å². The van der Waals surface area contributed by atoms with Gasteiger partial charge in [-0.1, -0.05) is 13.8 Å². The van der Waals surface area contributed by atoms with Gasteiger partial charge >= 0.3 is 0 Å². The van der Waals surface area contributed by atoms with Gasteiger partial charge in [-0.2, -0.15) is 4.98 Å². The molecule has 108 valence electrons. The summed E-state index contributed by atoms with van der Waals surface area (Å²) in [5.41, 5.74) is 6.39. The van der Waals surface area contributed by atoms with Crippen molar-refractivity contribution in [2.45, 2.75) is 33.2 Å². The van der Waals surface area contributed by atoms with E-state index >= 15 is 0 Å². The standard InChI is InChI=1S/C14H20N4OS/c1-3-7-19-14-11(15)5-6-12(18-14)16-9-13-17-8-10(4-2)20-13/h5-6,8H,3-4,7,9,15H2,1-2H3,(H,16,18). The molecule has 0 bridgehead atoms. The number of anilines is 2. The maximum Gasteiger partial charge on any atom is 0.239 e. The van der Waals surface area contributed by atoms with Crippen LogP contribution in [0.25, 0.3) is 0 Å². The van der Waals surface area contributed by atoms with Gasteiger partial charge in [-0.15, -0.1) is 11.3 Å². The number of thiazole rings is 1. The molecule has 2 heterocycles. The average molecular weight is 292 g/mol. The number of nitrogen functional groups attached to an aromatic ring is 1. The molecule has 5 nitrogen and oxygen atoms in total. The molecule has 0 atom stereocenters. The molecule has 6 heteroatoms. The predicted octanol–water partition coefficient (Wildman–Crippen LogP) is 3.08. The summed E-state index contributed by atoms with van der Waals surface area (Å²) < 4.78 is 5.51. The zero-order valence-corrected chi connectivity index (χ0v) is 12.7. The van der Waals surface area contributed by atoms with Gasteiger partial charge in [-0.3, -0.25) is 0 Å². The molecule has 20 heavy (non-hydrogen) atoms. The second-order valence-electron chi connectivity index (χ2n) is 4.37. The summed E-state index contributed by atoms with van der Waals surface area (Å²) in [6.07, 6.45) is 3.87. The summed E-state index contributed by atoms with van der Waals surface area (Å²) >= 11 is 1.72. The van der Waals surface area contributed by atoms with Crippen molar-refractivity contribution in [3.8, 4) is 5.88 Å². The maximum atomic E-state index is 5.83. The lowest BCUT2D eigenvalue weighted by Gasteiger charge is -2.09. The summed E-state index contributed by atoms with van der Waals surface area (Å²) in [5, 5.41) is 4.30. The Bertz CT molecular complexity index is 556. The summed E-state index contributed by atoms with van der Waals surface area (Å²) in [7, 11) is 0. The summed E-state index contributed by atoms with van der Waals surface area (Å²) in [5.74, 6) is 1.24. The largest absolute Gasteiger partial charge is 0.476 e. The van der Waals surface area contributed by atoms with E-state index in [0.717, 1.165) is 23.7 Å². The summed E-state index contributed by atoms with van der Waals surface area (Å²) in [6.45, 7) is 5.46. The van der Waals surface area contributed by atoms with Crippen molar-refractivity contribution in [3.05, 3.63) is 28.2 Å². The van der Waals surface area contributed by atoms with Crippen molar-refractivity contribution in [1.29, 1.82) is 0 Å². The van der Waals surface area contributed by atoms with Crippen LogP contribution in [-0.2, 0) is 13.0 Å². The molecule has 0 saturated heterocycles. The van der Waals surface area contributed by atoms with Gasteiger partial charge in [0.1, 0.15) is 10.8 Å². The number of aromatic nitrogens is 2. The third-order valence-corrected chi connectivity index (χ3v) is 3.84. The number of pyridine rings is 1. The molecular weight excluding hydrogens is 272 g/mol. The Morgan fingerprint density at radius 1 is 1.35 bits per heavy atom. The smallest absolute Gasteiger partial charge is 0.239 e. The Labute approximate surface area is 123 Å². The van der Waals surface area contributed by atoms with Crippen LogP contribution in [0.4, 0.5) is 11.5 Å². The van der Waals surface area contributed by atoms with E-state index in [9.17, 15) is 0 Å². The highest BCUT2D eigenvalue weighted by Gasteiger charge is 2.05. The highest BCUT2D eigenvalue weighted by Crippen LogP contribution is 2.22. The monoisotopic (exact) mass is 292 g/mol. The van der Waals surface area contributed by atoms with Crippen LogP contribution in [0.15, 0.2) is 18.3 Å². The highest BCUT2D eigenvalue weighted by molar-refractivity contribution is 7.11. The highest BCUT2D eigenvalue weighted by atomic mass is 32.1. The lowest BCUT2D eigenvalue weighted by atomic mass is 10.4. The van der Waals surface area contributed by atoms with Gasteiger partial charge in [0, 0.05) is 11.1 Å². The molecule has 2 rings (SSSR count). The van der Waals surface area contributed by atoms with E-state index in [-0.39, 0.29) is 0 Å². The Hall–Kier alpha value is -1.82. The normalized spacial score (nSPS) is 10.5. The van der Waals surface area contributed by atoms with Crippen molar-refractivity contribution in [2.75, 3.05) is 17.7 Å². The lowest BCUT2D eigenvalue weighted by Crippen LogP contribution is -2.05. The minimum absolute atomic E-state index is 0.491. The quantitative estimate of drug-likeness (QED) is 0.820. The Balaban J connectivity index is 1.98. The summed E-state index contributed by atoms with van der Waals surface area (Å²) in [4.78, 5) is 10.0. The molecule has 0 unspecified atom stereocenters. The Morgan fingerprint density at radius 2 is 2.20 bits per heavy atom. The minimum Gasteiger partial charge on any atom is -0.476 e. The van der Waals surface area contributed by atoms with Crippen LogP contribution in [0.3, 0.4) is 0 Å².